The lowest BCUT2D eigenvalue weighted by molar-refractivity contribution is 0.135. The van der Waals surface area contributed by atoms with Gasteiger partial charge in [-0.25, -0.2) is 4.98 Å². The van der Waals surface area contributed by atoms with Crippen molar-refractivity contribution in [3.63, 3.8) is 0 Å². The van der Waals surface area contributed by atoms with E-state index in [1.54, 1.807) is 0 Å². The summed E-state index contributed by atoms with van der Waals surface area (Å²) < 4.78 is 0. The van der Waals surface area contributed by atoms with Crippen molar-refractivity contribution < 1.29 is 0 Å². The number of hydrogen-bond acceptors (Lipinski definition) is 2. The lowest BCUT2D eigenvalue weighted by atomic mass is 10.1. The van der Waals surface area contributed by atoms with Crippen LogP contribution in [0.5, 0.6) is 0 Å². The molecule has 3 heteroatoms. The van der Waals surface area contributed by atoms with Gasteiger partial charge in [0.25, 0.3) is 0 Å². The highest BCUT2D eigenvalue weighted by Crippen LogP contribution is 2.28. The summed E-state index contributed by atoms with van der Waals surface area (Å²) in [5, 5.41) is 0.597. The maximum Gasteiger partial charge on any atom is 0.129 e. The molecule has 0 N–H and O–H groups in total. The minimum atomic E-state index is 0.202. The molecule has 2 rings (SSSR count). The fourth-order valence-corrected chi connectivity index (χ4v) is 1.87. The molecule has 0 bridgehead atoms. The van der Waals surface area contributed by atoms with E-state index in [9.17, 15) is 0 Å². The summed E-state index contributed by atoms with van der Waals surface area (Å²) in [5.41, 5.74) is 2.64. The maximum atomic E-state index is 5.86. The van der Waals surface area contributed by atoms with Crippen molar-refractivity contribution >= 4 is 11.6 Å². The monoisotopic (exact) mass is 210 g/mol. The highest BCUT2D eigenvalue weighted by molar-refractivity contribution is 6.29. The van der Waals surface area contributed by atoms with E-state index in [1.807, 2.05) is 6.07 Å². The lowest BCUT2D eigenvalue weighted by Gasteiger charge is -2.30. The van der Waals surface area contributed by atoms with Crippen LogP contribution in [0.2, 0.25) is 5.15 Å². The number of fused-ring (bicyclic) bond motifs is 1. The van der Waals surface area contributed by atoms with E-state index in [0.717, 1.165) is 18.8 Å². The second kappa shape index (κ2) is 3.21. The van der Waals surface area contributed by atoms with Crippen molar-refractivity contribution in [3.05, 3.63) is 28.5 Å². The van der Waals surface area contributed by atoms with Gasteiger partial charge in [0, 0.05) is 18.6 Å². The van der Waals surface area contributed by atoms with E-state index >= 15 is 0 Å². The molecule has 0 radical (unpaired) electrons. The number of aromatic nitrogens is 1. The highest BCUT2D eigenvalue weighted by atomic mass is 35.5. The third kappa shape index (κ3) is 1.77. The minimum absolute atomic E-state index is 0.202. The normalized spacial score (nSPS) is 17.1. The fourth-order valence-electron chi connectivity index (χ4n) is 1.70. The van der Waals surface area contributed by atoms with Crippen molar-refractivity contribution in [3.8, 4) is 0 Å². The Hall–Kier alpha value is -0.600. The SMILES string of the molecule is CC(C)(C)N1Cc2ccc(Cl)nc2C1. The Kier molecular flexibility index (Phi) is 2.28. The van der Waals surface area contributed by atoms with Crippen LogP contribution in [-0.4, -0.2) is 15.4 Å². The van der Waals surface area contributed by atoms with Gasteiger partial charge in [-0.2, -0.15) is 0 Å². The molecular weight excluding hydrogens is 196 g/mol. The quantitative estimate of drug-likeness (QED) is 0.613. The zero-order chi connectivity index (χ0) is 10.3. The van der Waals surface area contributed by atoms with Crippen LogP contribution < -0.4 is 0 Å². The summed E-state index contributed by atoms with van der Waals surface area (Å²) in [6, 6.07) is 3.95. The second-order valence-electron chi connectivity index (χ2n) is 4.77. The standard InChI is InChI=1S/C11H15ClN2/c1-11(2,3)14-6-8-4-5-10(12)13-9(8)7-14/h4-5H,6-7H2,1-3H3. The molecule has 14 heavy (non-hydrogen) atoms. The van der Waals surface area contributed by atoms with Crippen LogP contribution in [0.15, 0.2) is 12.1 Å². The van der Waals surface area contributed by atoms with Crippen LogP contribution in [-0.2, 0) is 13.1 Å². The Labute approximate surface area is 89.9 Å². The van der Waals surface area contributed by atoms with Crippen molar-refractivity contribution in [2.24, 2.45) is 0 Å². The first-order valence-electron chi connectivity index (χ1n) is 4.86. The summed E-state index contributed by atoms with van der Waals surface area (Å²) in [4.78, 5) is 6.74. The van der Waals surface area contributed by atoms with Gasteiger partial charge in [-0.05, 0) is 32.4 Å². The van der Waals surface area contributed by atoms with Crippen LogP contribution >= 0.6 is 11.6 Å². The summed E-state index contributed by atoms with van der Waals surface area (Å²) in [5.74, 6) is 0. The van der Waals surface area contributed by atoms with Gasteiger partial charge in [0.2, 0.25) is 0 Å². The molecule has 0 atom stereocenters. The molecule has 0 spiro atoms. The van der Waals surface area contributed by atoms with Gasteiger partial charge in [0.05, 0.1) is 5.69 Å². The third-order valence-corrected chi connectivity index (χ3v) is 2.90. The number of pyridine rings is 1. The van der Waals surface area contributed by atoms with Crippen LogP contribution in [0.25, 0.3) is 0 Å². The van der Waals surface area contributed by atoms with Gasteiger partial charge in [0.15, 0.2) is 0 Å². The first-order chi connectivity index (χ1) is 6.47. The van der Waals surface area contributed by atoms with Crippen molar-refractivity contribution in [1.29, 1.82) is 0 Å². The van der Waals surface area contributed by atoms with Crippen molar-refractivity contribution in [2.45, 2.75) is 39.4 Å². The van der Waals surface area contributed by atoms with Crippen LogP contribution in [0.4, 0.5) is 0 Å². The molecule has 0 aliphatic carbocycles. The highest BCUT2D eigenvalue weighted by Gasteiger charge is 2.28. The average Bonchev–Trinajstić information content (AvgIpc) is 2.45. The molecule has 0 saturated heterocycles. The van der Waals surface area contributed by atoms with E-state index in [0.29, 0.717) is 5.15 Å². The molecule has 0 aromatic carbocycles. The predicted molar refractivity (Wildman–Crippen MR) is 58.2 cm³/mol. The predicted octanol–water partition coefficient (Wildman–Crippen LogP) is 2.85. The van der Waals surface area contributed by atoms with Crippen molar-refractivity contribution in [1.82, 2.24) is 9.88 Å². The van der Waals surface area contributed by atoms with Gasteiger partial charge >= 0.3 is 0 Å². The third-order valence-electron chi connectivity index (χ3n) is 2.68. The maximum absolute atomic E-state index is 5.86. The molecule has 2 nitrogen and oxygen atoms in total. The van der Waals surface area contributed by atoms with Crippen LogP contribution in [0.3, 0.4) is 0 Å². The van der Waals surface area contributed by atoms with E-state index in [2.05, 4.69) is 36.7 Å². The molecule has 1 aromatic heterocycles. The Bertz CT molecular complexity index is 355. The summed E-state index contributed by atoms with van der Waals surface area (Å²) >= 11 is 5.86. The van der Waals surface area contributed by atoms with E-state index in [1.165, 1.54) is 5.56 Å². The summed E-state index contributed by atoms with van der Waals surface area (Å²) in [6.45, 7) is 8.57. The molecule has 76 valence electrons. The fraction of sp³-hybridized carbons (Fsp3) is 0.545. The number of nitrogens with zero attached hydrogens (tertiary/aromatic N) is 2. The van der Waals surface area contributed by atoms with Gasteiger partial charge < -0.3 is 0 Å². The number of halogens is 1. The minimum Gasteiger partial charge on any atom is -0.288 e. The summed E-state index contributed by atoms with van der Waals surface area (Å²) in [6.07, 6.45) is 0. The Morgan fingerprint density at radius 3 is 2.64 bits per heavy atom. The van der Waals surface area contributed by atoms with E-state index in [4.69, 9.17) is 11.6 Å². The van der Waals surface area contributed by atoms with Gasteiger partial charge in [-0.15, -0.1) is 0 Å². The van der Waals surface area contributed by atoms with E-state index < -0.39 is 0 Å². The first-order valence-corrected chi connectivity index (χ1v) is 5.24. The molecule has 1 aromatic rings. The molecular formula is C11H15ClN2. The Balaban J connectivity index is 2.26. The zero-order valence-corrected chi connectivity index (χ0v) is 9.60. The molecule has 0 saturated carbocycles. The topological polar surface area (TPSA) is 16.1 Å². The zero-order valence-electron chi connectivity index (χ0n) is 8.84. The van der Waals surface area contributed by atoms with Crippen LogP contribution in [0, 0.1) is 0 Å². The Morgan fingerprint density at radius 1 is 1.29 bits per heavy atom. The molecule has 0 unspecified atom stereocenters. The van der Waals surface area contributed by atoms with E-state index in [-0.39, 0.29) is 5.54 Å². The van der Waals surface area contributed by atoms with Crippen LogP contribution in [0.1, 0.15) is 32.0 Å². The first kappa shape index (κ1) is 9.94. The Morgan fingerprint density at radius 2 is 2.00 bits per heavy atom. The van der Waals surface area contributed by atoms with Crippen molar-refractivity contribution in [2.75, 3.05) is 0 Å². The van der Waals surface area contributed by atoms with Gasteiger partial charge in [0.1, 0.15) is 5.15 Å². The molecule has 1 aliphatic heterocycles. The molecule has 1 aliphatic rings. The smallest absolute Gasteiger partial charge is 0.129 e. The largest absolute Gasteiger partial charge is 0.288 e. The number of rotatable bonds is 0. The number of hydrogen-bond donors (Lipinski definition) is 0. The summed E-state index contributed by atoms with van der Waals surface area (Å²) in [7, 11) is 0. The molecule has 0 amide bonds. The molecule has 0 fully saturated rings. The molecule has 2 heterocycles. The average molecular weight is 211 g/mol. The second-order valence-corrected chi connectivity index (χ2v) is 5.15. The lowest BCUT2D eigenvalue weighted by Crippen LogP contribution is -2.36. The van der Waals surface area contributed by atoms with Gasteiger partial charge in [-0.1, -0.05) is 17.7 Å². The van der Waals surface area contributed by atoms with Gasteiger partial charge in [-0.3, -0.25) is 4.90 Å².